The van der Waals surface area contributed by atoms with Gasteiger partial charge in [0.15, 0.2) is 0 Å². The van der Waals surface area contributed by atoms with E-state index in [2.05, 4.69) is 5.32 Å². The van der Waals surface area contributed by atoms with Crippen LogP contribution in [0.25, 0.3) is 0 Å². The maximum atomic E-state index is 13.1. The molecule has 1 aromatic heterocycles. The Bertz CT molecular complexity index is 663. The Labute approximate surface area is 122 Å². The van der Waals surface area contributed by atoms with Gasteiger partial charge in [0.2, 0.25) is 0 Å². The van der Waals surface area contributed by atoms with Gasteiger partial charge in [-0.25, -0.2) is 4.39 Å². The first-order valence-corrected chi connectivity index (χ1v) is 6.90. The van der Waals surface area contributed by atoms with Gasteiger partial charge in [0.05, 0.1) is 5.56 Å². The average Bonchev–Trinajstić information content (AvgIpc) is 2.80. The van der Waals surface area contributed by atoms with E-state index in [1.165, 1.54) is 11.3 Å². The third kappa shape index (κ3) is 3.60. The summed E-state index contributed by atoms with van der Waals surface area (Å²) in [6, 6.07) is 2.19. The van der Waals surface area contributed by atoms with Gasteiger partial charge in [-0.15, -0.1) is 0 Å². The maximum absolute atomic E-state index is 13.1. The normalized spacial score (nSPS) is 11.5. The SMILES string of the molecule is Cc1cscc1CNC(=O)c1ccc(F)c(C(F)(F)F)c1. The summed E-state index contributed by atoms with van der Waals surface area (Å²) in [5.74, 6) is -2.07. The van der Waals surface area contributed by atoms with Crippen molar-refractivity contribution in [1.29, 1.82) is 0 Å². The summed E-state index contributed by atoms with van der Waals surface area (Å²) in [6.45, 7) is 2.09. The van der Waals surface area contributed by atoms with E-state index in [4.69, 9.17) is 0 Å². The number of thiophene rings is 1. The predicted molar refractivity (Wildman–Crippen MR) is 71.6 cm³/mol. The zero-order valence-electron chi connectivity index (χ0n) is 10.9. The summed E-state index contributed by atoms with van der Waals surface area (Å²) < 4.78 is 50.9. The molecule has 7 heteroatoms. The van der Waals surface area contributed by atoms with E-state index < -0.39 is 23.5 Å². The van der Waals surface area contributed by atoms with E-state index in [0.29, 0.717) is 12.1 Å². The van der Waals surface area contributed by atoms with Crippen molar-refractivity contribution in [3.8, 4) is 0 Å². The first-order valence-electron chi connectivity index (χ1n) is 5.95. The summed E-state index contributed by atoms with van der Waals surface area (Å²) in [5.41, 5.74) is 0.223. The Morgan fingerprint density at radius 3 is 2.57 bits per heavy atom. The molecule has 0 fully saturated rings. The van der Waals surface area contributed by atoms with Gasteiger partial charge < -0.3 is 5.32 Å². The zero-order valence-corrected chi connectivity index (χ0v) is 11.7. The number of rotatable bonds is 3. The molecule has 2 nitrogen and oxygen atoms in total. The van der Waals surface area contributed by atoms with Crippen LogP contribution in [0.5, 0.6) is 0 Å². The molecule has 112 valence electrons. The van der Waals surface area contributed by atoms with Crippen LogP contribution in [-0.4, -0.2) is 5.91 Å². The molecule has 2 rings (SSSR count). The number of carbonyl (C=O) groups excluding carboxylic acids is 1. The van der Waals surface area contributed by atoms with E-state index in [-0.39, 0.29) is 12.1 Å². The second kappa shape index (κ2) is 5.85. The number of carbonyl (C=O) groups is 1. The van der Waals surface area contributed by atoms with Gasteiger partial charge in [-0.3, -0.25) is 4.79 Å². The second-order valence-corrected chi connectivity index (χ2v) is 5.20. The van der Waals surface area contributed by atoms with E-state index >= 15 is 0 Å². The van der Waals surface area contributed by atoms with Crippen molar-refractivity contribution in [2.75, 3.05) is 0 Å². The lowest BCUT2D eigenvalue weighted by Gasteiger charge is -2.10. The van der Waals surface area contributed by atoms with Crippen molar-refractivity contribution in [1.82, 2.24) is 5.32 Å². The van der Waals surface area contributed by atoms with Gasteiger partial charge in [-0.1, -0.05) is 0 Å². The van der Waals surface area contributed by atoms with Crippen LogP contribution in [0.2, 0.25) is 0 Å². The quantitative estimate of drug-likeness (QED) is 0.847. The van der Waals surface area contributed by atoms with Crippen LogP contribution in [0.3, 0.4) is 0 Å². The number of benzene rings is 1. The highest BCUT2D eigenvalue weighted by Crippen LogP contribution is 2.31. The van der Waals surface area contributed by atoms with Crippen LogP contribution in [0, 0.1) is 12.7 Å². The number of hydrogen-bond acceptors (Lipinski definition) is 2. The first-order chi connectivity index (χ1) is 9.79. The average molecular weight is 317 g/mol. The highest BCUT2D eigenvalue weighted by atomic mass is 32.1. The fourth-order valence-electron chi connectivity index (χ4n) is 1.73. The lowest BCUT2D eigenvalue weighted by Crippen LogP contribution is -2.23. The number of hydrogen-bond donors (Lipinski definition) is 1. The van der Waals surface area contributed by atoms with Crippen molar-refractivity contribution in [2.45, 2.75) is 19.6 Å². The summed E-state index contributed by atoms with van der Waals surface area (Å²) >= 11 is 1.47. The molecule has 0 atom stereocenters. The summed E-state index contributed by atoms with van der Waals surface area (Å²) in [5, 5.41) is 6.27. The van der Waals surface area contributed by atoms with Crippen molar-refractivity contribution in [2.24, 2.45) is 0 Å². The van der Waals surface area contributed by atoms with Crippen molar-refractivity contribution in [3.63, 3.8) is 0 Å². The van der Waals surface area contributed by atoms with Crippen LogP contribution in [0.1, 0.15) is 27.0 Å². The predicted octanol–water partition coefficient (Wildman–Crippen LogP) is 4.14. The standard InChI is InChI=1S/C14H11F4NOS/c1-8-6-21-7-10(8)5-19-13(20)9-2-3-12(15)11(4-9)14(16,17)18/h2-4,6-7H,5H2,1H3,(H,19,20). The third-order valence-electron chi connectivity index (χ3n) is 2.93. The van der Waals surface area contributed by atoms with Crippen LogP contribution in [0.4, 0.5) is 17.6 Å². The summed E-state index contributed by atoms with van der Waals surface area (Å²) in [6.07, 6.45) is -4.83. The first kappa shape index (κ1) is 15.5. The highest BCUT2D eigenvalue weighted by molar-refractivity contribution is 7.08. The van der Waals surface area contributed by atoms with Gasteiger partial charge in [0.25, 0.3) is 5.91 Å². The van der Waals surface area contributed by atoms with Crippen molar-refractivity contribution in [3.05, 3.63) is 57.0 Å². The number of amides is 1. The monoisotopic (exact) mass is 317 g/mol. The molecule has 0 radical (unpaired) electrons. The highest BCUT2D eigenvalue weighted by Gasteiger charge is 2.34. The van der Waals surface area contributed by atoms with Crippen LogP contribution in [-0.2, 0) is 12.7 Å². The topological polar surface area (TPSA) is 29.1 Å². The molecule has 2 aromatic rings. The molecule has 1 heterocycles. The third-order valence-corrected chi connectivity index (χ3v) is 3.85. The Hall–Kier alpha value is -1.89. The smallest absolute Gasteiger partial charge is 0.348 e. The van der Waals surface area contributed by atoms with Gasteiger partial charge in [0, 0.05) is 12.1 Å². The van der Waals surface area contributed by atoms with Crippen LogP contribution >= 0.6 is 11.3 Å². The Morgan fingerprint density at radius 2 is 2.00 bits per heavy atom. The van der Waals surface area contributed by atoms with Crippen molar-refractivity contribution >= 4 is 17.2 Å². The molecule has 0 saturated heterocycles. The molecule has 0 bridgehead atoms. The Kier molecular flexibility index (Phi) is 4.32. The van der Waals surface area contributed by atoms with Crippen LogP contribution in [0.15, 0.2) is 29.0 Å². The largest absolute Gasteiger partial charge is 0.419 e. The summed E-state index contributed by atoms with van der Waals surface area (Å²) in [7, 11) is 0. The van der Waals surface area contributed by atoms with Gasteiger partial charge >= 0.3 is 6.18 Å². The van der Waals surface area contributed by atoms with Gasteiger partial charge in [-0.2, -0.15) is 24.5 Å². The number of alkyl halides is 3. The fourth-order valence-corrected chi connectivity index (χ4v) is 2.59. The second-order valence-electron chi connectivity index (χ2n) is 4.46. The molecular weight excluding hydrogens is 306 g/mol. The van der Waals surface area contributed by atoms with E-state index in [1.54, 1.807) is 0 Å². The molecule has 0 spiro atoms. The zero-order chi connectivity index (χ0) is 15.6. The Morgan fingerprint density at radius 1 is 1.29 bits per heavy atom. The molecule has 0 unspecified atom stereocenters. The maximum Gasteiger partial charge on any atom is 0.419 e. The molecule has 0 aliphatic heterocycles. The lowest BCUT2D eigenvalue weighted by atomic mass is 10.1. The minimum atomic E-state index is -4.83. The molecule has 0 aliphatic carbocycles. The molecule has 21 heavy (non-hydrogen) atoms. The van der Waals surface area contributed by atoms with Gasteiger partial charge in [-0.05, 0) is 47.0 Å². The van der Waals surface area contributed by atoms with Gasteiger partial charge in [0.1, 0.15) is 5.82 Å². The molecular formula is C14H11F4NOS. The number of nitrogens with one attached hydrogen (secondary N) is 1. The van der Waals surface area contributed by atoms with Crippen molar-refractivity contribution < 1.29 is 22.4 Å². The molecule has 1 amide bonds. The lowest BCUT2D eigenvalue weighted by molar-refractivity contribution is -0.140. The summed E-state index contributed by atoms with van der Waals surface area (Å²) in [4.78, 5) is 11.8. The number of halogens is 4. The molecule has 0 aliphatic rings. The fraction of sp³-hybridized carbons (Fsp3) is 0.214. The van der Waals surface area contributed by atoms with E-state index in [0.717, 1.165) is 17.2 Å². The minimum Gasteiger partial charge on any atom is -0.348 e. The molecule has 0 saturated carbocycles. The van der Waals surface area contributed by atoms with E-state index in [9.17, 15) is 22.4 Å². The number of aryl methyl sites for hydroxylation is 1. The Balaban J connectivity index is 2.15. The van der Waals surface area contributed by atoms with Crippen LogP contribution < -0.4 is 5.32 Å². The minimum absolute atomic E-state index is 0.215. The molecule has 1 aromatic carbocycles. The molecule has 1 N–H and O–H groups in total. The van der Waals surface area contributed by atoms with E-state index in [1.807, 2.05) is 17.7 Å².